The van der Waals surface area contributed by atoms with Crippen LogP contribution in [0.3, 0.4) is 0 Å². The summed E-state index contributed by atoms with van der Waals surface area (Å²) in [5.41, 5.74) is 0.344. The van der Waals surface area contributed by atoms with E-state index in [1.807, 2.05) is 30.3 Å². The Bertz CT molecular complexity index is 859. The average Bonchev–Trinajstić information content (AvgIpc) is 3.10. The summed E-state index contributed by atoms with van der Waals surface area (Å²) in [6.07, 6.45) is 0.760. The maximum Gasteiger partial charge on any atom is 0.410 e. The van der Waals surface area contributed by atoms with Crippen molar-refractivity contribution in [1.82, 2.24) is 4.90 Å². The van der Waals surface area contributed by atoms with E-state index in [2.05, 4.69) is 5.32 Å². The van der Waals surface area contributed by atoms with E-state index in [0.29, 0.717) is 29.4 Å². The largest absolute Gasteiger partial charge is 0.495 e. The minimum absolute atomic E-state index is 0.163. The van der Waals surface area contributed by atoms with Crippen LogP contribution in [0.2, 0.25) is 5.02 Å². The van der Waals surface area contributed by atoms with Crippen molar-refractivity contribution >= 4 is 29.3 Å². The van der Waals surface area contributed by atoms with E-state index in [0.717, 1.165) is 12.0 Å². The molecule has 1 aliphatic heterocycles. The van der Waals surface area contributed by atoms with Gasteiger partial charge in [-0.3, -0.25) is 9.69 Å². The predicted octanol–water partition coefficient (Wildman–Crippen LogP) is 4.48. The van der Waals surface area contributed by atoms with Crippen LogP contribution in [0, 0.1) is 0 Å². The van der Waals surface area contributed by atoms with Crippen LogP contribution >= 0.6 is 11.6 Å². The number of carbonyl (C=O) groups excluding carboxylic acids is 2. The van der Waals surface area contributed by atoms with Crippen molar-refractivity contribution in [3.63, 3.8) is 0 Å². The summed E-state index contributed by atoms with van der Waals surface area (Å²) in [5.74, 6) is 0.194. The molecule has 6 nitrogen and oxygen atoms in total. The minimum Gasteiger partial charge on any atom is -0.495 e. The molecule has 28 heavy (non-hydrogen) atoms. The third-order valence-corrected chi connectivity index (χ3v) is 5.20. The molecule has 1 saturated heterocycles. The first kappa shape index (κ1) is 20.0. The first-order valence-corrected chi connectivity index (χ1v) is 9.45. The van der Waals surface area contributed by atoms with Gasteiger partial charge < -0.3 is 14.8 Å². The molecular formula is C21H23ClN2O4. The molecule has 1 N–H and O–H groups in total. The molecule has 3 rings (SSSR count). The quantitative estimate of drug-likeness (QED) is 0.800. The van der Waals surface area contributed by atoms with Gasteiger partial charge in [0, 0.05) is 11.6 Å². The Morgan fingerprint density at radius 2 is 1.96 bits per heavy atom. The molecule has 1 heterocycles. The van der Waals surface area contributed by atoms with Crippen LogP contribution in [0.25, 0.3) is 0 Å². The molecule has 7 heteroatoms. The van der Waals surface area contributed by atoms with Crippen molar-refractivity contribution < 1.29 is 19.1 Å². The number of methoxy groups -OCH3 is 1. The Morgan fingerprint density at radius 1 is 1.21 bits per heavy atom. The van der Waals surface area contributed by atoms with Gasteiger partial charge in [-0.05, 0) is 43.5 Å². The van der Waals surface area contributed by atoms with Gasteiger partial charge in [-0.1, -0.05) is 41.9 Å². The van der Waals surface area contributed by atoms with Crippen LogP contribution < -0.4 is 10.1 Å². The number of anilines is 1. The van der Waals surface area contributed by atoms with E-state index >= 15 is 0 Å². The van der Waals surface area contributed by atoms with Gasteiger partial charge in [0.25, 0.3) is 0 Å². The Hall–Kier alpha value is -2.73. The monoisotopic (exact) mass is 402 g/mol. The number of hydrogen-bond donors (Lipinski definition) is 1. The van der Waals surface area contributed by atoms with Gasteiger partial charge >= 0.3 is 6.09 Å². The summed E-state index contributed by atoms with van der Waals surface area (Å²) in [4.78, 5) is 27.2. The first-order chi connectivity index (χ1) is 13.4. The van der Waals surface area contributed by atoms with Gasteiger partial charge in [0.1, 0.15) is 17.9 Å². The Labute approximate surface area is 169 Å². The highest BCUT2D eigenvalue weighted by Gasteiger charge is 2.46. The number of halogens is 1. The summed E-state index contributed by atoms with van der Waals surface area (Å²) in [6.45, 7) is 2.37. The fourth-order valence-corrected chi connectivity index (χ4v) is 3.50. The number of rotatable bonds is 5. The fraction of sp³-hybridized carbons (Fsp3) is 0.333. The van der Waals surface area contributed by atoms with Gasteiger partial charge in [0.05, 0.1) is 12.8 Å². The van der Waals surface area contributed by atoms with E-state index in [1.165, 1.54) is 12.0 Å². The Morgan fingerprint density at radius 3 is 2.68 bits per heavy atom. The Balaban J connectivity index is 1.71. The fourth-order valence-electron chi connectivity index (χ4n) is 3.32. The van der Waals surface area contributed by atoms with E-state index < -0.39 is 11.6 Å². The molecule has 1 aliphatic rings. The van der Waals surface area contributed by atoms with Gasteiger partial charge in [0.2, 0.25) is 5.91 Å². The third-order valence-electron chi connectivity index (χ3n) is 4.97. The first-order valence-electron chi connectivity index (χ1n) is 9.07. The number of likely N-dealkylation sites (tertiary alicyclic amines) is 1. The van der Waals surface area contributed by atoms with Gasteiger partial charge in [-0.25, -0.2) is 4.79 Å². The SMILES string of the molecule is COc1ccc(Cl)cc1NC(=O)C1(C)CCCN1C(=O)OCc1ccccc1. The summed E-state index contributed by atoms with van der Waals surface area (Å²) >= 11 is 6.04. The zero-order valence-electron chi connectivity index (χ0n) is 15.9. The van der Waals surface area contributed by atoms with Crippen LogP contribution in [-0.4, -0.2) is 36.1 Å². The molecule has 1 atom stereocenters. The summed E-state index contributed by atoms with van der Waals surface area (Å²) in [6, 6.07) is 14.4. The van der Waals surface area contributed by atoms with Crippen molar-refractivity contribution in [2.24, 2.45) is 0 Å². The van der Waals surface area contributed by atoms with Crippen molar-refractivity contribution in [3.8, 4) is 5.75 Å². The molecule has 0 saturated carbocycles. The van der Waals surface area contributed by atoms with Crippen LogP contribution in [0.1, 0.15) is 25.3 Å². The maximum absolute atomic E-state index is 13.0. The number of benzene rings is 2. The number of ether oxygens (including phenoxy) is 2. The van der Waals surface area contributed by atoms with Crippen LogP contribution in [0.15, 0.2) is 48.5 Å². The highest BCUT2D eigenvalue weighted by molar-refractivity contribution is 6.31. The number of amides is 2. The molecule has 0 aromatic heterocycles. The molecule has 2 amide bonds. The zero-order valence-corrected chi connectivity index (χ0v) is 16.7. The molecule has 1 unspecified atom stereocenters. The molecule has 2 aromatic rings. The lowest BCUT2D eigenvalue weighted by Gasteiger charge is -2.33. The number of hydrogen-bond acceptors (Lipinski definition) is 4. The number of nitrogens with one attached hydrogen (secondary N) is 1. The van der Waals surface area contributed by atoms with Crippen molar-refractivity contribution in [2.45, 2.75) is 31.9 Å². The topological polar surface area (TPSA) is 67.9 Å². The molecule has 0 spiro atoms. The molecular weight excluding hydrogens is 380 g/mol. The second kappa shape index (κ2) is 8.52. The minimum atomic E-state index is -1.01. The maximum atomic E-state index is 13.0. The molecule has 0 aliphatic carbocycles. The average molecular weight is 403 g/mol. The Kier molecular flexibility index (Phi) is 6.09. The predicted molar refractivity (Wildman–Crippen MR) is 108 cm³/mol. The molecule has 1 fully saturated rings. The van der Waals surface area contributed by atoms with E-state index in [9.17, 15) is 9.59 Å². The molecule has 148 valence electrons. The normalized spacial score (nSPS) is 18.6. The highest BCUT2D eigenvalue weighted by Crippen LogP contribution is 2.34. The lowest BCUT2D eigenvalue weighted by Crippen LogP contribution is -2.53. The zero-order chi connectivity index (χ0) is 20.1. The summed E-state index contributed by atoms with van der Waals surface area (Å²) < 4.78 is 10.7. The van der Waals surface area contributed by atoms with Crippen LogP contribution in [0.5, 0.6) is 5.75 Å². The second-order valence-electron chi connectivity index (χ2n) is 6.87. The lowest BCUT2D eigenvalue weighted by atomic mass is 9.97. The smallest absolute Gasteiger partial charge is 0.410 e. The molecule has 0 radical (unpaired) electrons. The van der Waals surface area contributed by atoms with Crippen molar-refractivity contribution in [1.29, 1.82) is 0 Å². The van der Waals surface area contributed by atoms with E-state index in [4.69, 9.17) is 21.1 Å². The van der Waals surface area contributed by atoms with Crippen LogP contribution in [0.4, 0.5) is 10.5 Å². The van der Waals surface area contributed by atoms with E-state index in [1.54, 1.807) is 25.1 Å². The third kappa shape index (κ3) is 4.22. The number of nitrogens with zero attached hydrogens (tertiary/aromatic N) is 1. The molecule has 0 bridgehead atoms. The number of carbonyl (C=O) groups is 2. The summed E-state index contributed by atoms with van der Waals surface area (Å²) in [7, 11) is 1.52. The lowest BCUT2D eigenvalue weighted by molar-refractivity contribution is -0.125. The van der Waals surface area contributed by atoms with Crippen molar-refractivity contribution in [2.75, 3.05) is 19.0 Å². The van der Waals surface area contributed by atoms with Crippen molar-refractivity contribution in [3.05, 3.63) is 59.1 Å². The van der Waals surface area contributed by atoms with Gasteiger partial charge in [0.15, 0.2) is 0 Å². The second-order valence-corrected chi connectivity index (χ2v) is 7.30. The highest BCUT2D eigenvalue weighted by atomic mass is 35.5. The van der Waals surface area contributed by atoms with E-state index in [-0.39, 0.29) is 12.5 Å². The van der Waals surface area contributed by atoms with Gasteiger partial charge in [-0.2, -0.15) is 0 Å². The van der Waals surface area contributed by atoms with Crippen LogP contribution in [-0.2, 0) is 16.1 Å². The molecule has 2 aromatic carbocycles. The standard InChI is InChI=1S/C21H23ClN2O4/c1-21(19(25)23-17-13-16(22)9-10-18(17)27-2)11-6-12-24(21)20(26)28-14-15-7-4-3-5-8-15/h3-5,7-10,13H,6,11-12,14H2,1-2H3,(H,23,25). The van der Waals surface area contributed by atoms with Gasteiger partial charge in [-0.15, -0.1) is 0 Å². The summed E-state index contributed by atoms with van der Waals surface area (Å²) in [5, 5.41) is 3.32.